The van der Waals surface area contributed by atoms with Crippen molar-refractivity contribution in [3.63, 3.8) is 0 Å². The highest BCUT2D eigenvalue weighted by atomic mass is 32.1. The Morgan fingerprint density at radius 1 is 1.40 bits per heavy atom. The van der Waals surface area contributed by atoms with Crippen molar-refractivity contribution in [3.8, 4) is 0 Å². The van der Waals surface area contributed by atoms with Gasteiger partial charge in [0.2, 0.25) is 0 Å². The lowest BCUT2D eigenvalue weighted by atomic mass is 10.2. The number of thiol groups is 1. The van der Waals surface area contributed by atoms with E-state index < -0.39 is 5.60 Å². The lowest BCUT2D eigenvalue weighted by Crippen LogP contribution is -2.33. The van der Waals surface area contributed by atoms with Crippen LogP contribution < -0.4 is 5.32 Å². The number of amides is 1. The van der Waals surface area contributed by atoms with Crippen LogP contribution in [-0.4, -0.2) is 24.0 Å². The van der Waals surface area contributed by atoms with Crippen molar-refractivity contribution in [2.75, 3.05) is 12.3 Å². The molecule has 0 fully saturated rings. The van der Waals surface area contributed by atoms with E-state index in [0.717, 1.165) is 11.1 Å². The number of carbonyl (C=O) groups is 1. The monoisotopic (exact) mass is 301 g/mol. The van der Waals surface area contributed by atoms with E-state index in [9.17, 15) is 9.18 Å². The molecule has 1 rings (SSSR count). The Balaban J connectivity index is 0.000000367. The molecule has 0 bridgehead atoms. The van der Waals surface area contributed by atoms with E-state index in [0.29, 0.717) is 12.3 Å². The molecule has 0 atom stereocenters. The minimum absolute atomic E-state index is 0.359. The zero-order chi connectivity index (χ0) is 15.6. The third-order valence-corrected chi connectivity index (χ3v) is 2.24. The molecule has 0 aliphatic heterocycles. The van der Waals surface area contributed by atoms with Gasteiger partial charge in [0.15, 0.2) is 0 Å². The lowest BCUT2D eigenvalue weighted by Gasteiger charge is -2.19. The van der Waals surface area contributed by atoms with E-state index in [4.69, 9.17) is 4.74 Å². The fraction of sp³-hybridized carbons (Fsp3) is 0.533. The van der Waals surface area contributed by atoms with Crippen molar-refractivity contribution < 1.29 is 13.9 Å². The van der Waals surface area contributed by atoms with Crippen LogP contribution in [0.3, 0.4) is 0 Å². The highest BCUT2D eigenvalue weighted by molar-refractivity contribution is 7.80. The first-order chi connectivity index (χ1) is 9.28. The Morgan fingerprint density at radius 2 is 2.05 bits per heavy atom. The van der Waals surface area contributed by atoms with Gasteiger partial charge in [0.05, 0.1) is 0 Å². The van der Waals surface area contributed by atoms with Crippen LogP contribution in [0.25, 0.3) is 0 Å². The molecule has 3 nitrogen and oxygen atoms in total. The fourth-order valence-corrected chi connectivity index (χ4v) is 1.38. The van der Waals surface area contributed by atoms with Gasteiger partial charge in [-0.05, 0) is 33.3 Å². The summed E-state index contributed by atoms with van der Waals surface area (Å²) in [4.78, 5) is 10.9. The predicted octanol–water partition coefficient (Wildman–Crippen LogP) is 3.91. The number of carbonyl (C=O) groups excluding carboxylic acids is 1. The number of alkyl carbamates (subject to hydrolysis) is 1. The molecule has 0 aromatic heterocycles. The van der Waals surface area contributed by atoms with Gasteiger partial charge in [-0.1, -0.05) is 29.8 Å². The molecule has 0 saturated carbocycles. The van der Waals surface area contributed by atoms with Crippen LogP contribution in [0.4, 0.5) is 9.18 Å². The quantitative estimate of drug-likeness (QED) is 0.831. The largest absolute Gasteiger partial charge is 0.444 e. The van der Waals surface area contributed by atoms with Gasteiger partial charge >= 0.3 is 6.09 Å². The molecule has 0 aliphatic rings. The lowest BCUT2D eigenvalue weighted by molar-refractivity contribution is 0.0531. The second-order valence-electron chi connectivity index (χ2n) is 5.27. The zero-order valence-corrected chi connectivity index (χ0v) is 13.5. The van der Waals surface area contributed by atoms with Crippen LogP contribution in [0.1, 0.15) is 31.9 Å². The standard InChI is InChI=1S/C8H9F.C7H15NO2S/c1-7-3-2-4-8(5-7)6-9;1-7(2,3)10-6(9)8-4-5-11/h2-5H,6H2,1H3;11H,4-5H2,1-3H3,(H,8,9). The average molecular weight is 301 g/mol. The molecule has 114 valence electrons. The normalized spacial score (nSPS) is 10.3. The van der Waals surface area contributed by atoms with E-state index >= 15 is 0 Å². The maximum atomic E-state index is 11.9. The third-order valence-electron chi connectivity index (χ3n) is 2.02. The molecule has 20 heavy (non-hydrogen) atoms. The molecular weight excluding hydrogens is 277 g/mol. The van der Waals surface area contributed by atoms with E-state index in [1.165, 1.54) is 0 Å². The van der Waals surface area contributed by atoms with Gasteiger partial charge in [-0.15, -0.1) is 0 Å². The summed E-state index contributed by atoms with van der Waals surface area (Å²) in [6.45, 7) is 7.62. The molecule has 0 heterocycles. The molecule has 5 heteroatoms. The van der Waals surface area contributed by atoms with Gasteiger partial charge in [0.25, 0.3) is 0 Å². The SMILES string of the molecule is CC(C)(C)OC(=O)NCCS.Cc1cccc(CF)c1. The molecule has 0 radical (unpaired) electrons. The minimum Gasteiger partial charge on any atom is -0.444 e. The molecule has 0 aliphatic carbocycles. The Labute approximate surface area is 126 Å². The molecule has 0 spiro atoms. The highest BCUT2D eigenvalue weighted by Crippen LogP contribution is 2.06. The van der Waals surface area contributed by atoms with Gasteiger partial charge in [-0.2, -0.15) is 12.6 Å². The number of benzene rings is 1. The van der Waals surface area contributed by atoms with Gasteiger partial charge in [0, 0.05) is 12.3 Å². The molecular formula is C15H24FNO2S. The third kappa shape index (κ3) is 10.7. The molecule has 1 N–H and O–H groups in total. The maximum absolute atomic E-state index is 11.9. The summed E-state index contributed by atoms with van der Waals surface area (Å²) in [6, 6.07) is 7.45. The average Bonchev–Trinajstić information content (AvgIpc) is 2.35. The van der Waals surface area contributed by atoms with Gasteiger partial charge in [0.1, 0.15) is 12.3 Å². The van der Waals surface area contributed by atoms with E-state index in [-0.39, 0.29) is 12.8 Å². The summed E-state index contributed by atoms with van der Waals surface area (Å²) in [6.07, 6.45) is -0.383. The first kappa shape index (κ1) is 18.8. The molecule has 1 aromatic carbocycles. The second kappa shape index (κ2) is 9.64. The smallest absolute Gasteiger partial charge is 0.407 e. The summed E-state index contributed by atoms with van der Waals surface area (Å²) in [5, 5.41) is 2.55. The van der Waals surface area contributed by atoms with Crippen molar-refractivity contribution in [3.05, 3.63) is 35.4 Å². The van der Waals surface area contributed by atoms with Crippen molar-refractivity contribution in [1.29, 1.82) is 0 Å². The van der Waals surface area contributed by atoms with Crippen molar-refractivity contribution >= 4 is 18.7 Å². The Hall–Kier alpha value is -1.23. The summed E-state index contributed by atoms with van der Waals surface area (Å²) in [7, 11) is 0. The number of halogens is 1. The molecule has 1 aromatic rings. The molecule has 1 amide bonds. The van der Waals surface area contributed by atoms with Crippen LogP contribution in [0.5, 0.6) is 0 Å². The zero-order valence-electron chi connectivity index (χ0n) is 12.6. The van der Waals surface area contributed by atoms with Gasteiger partial charge < -0.3 is 10.1 Å². The Bertz CT molecular complexity index is 405. The number of hydrogen-bond acceptors (Lipinski definition) is 3. The first-order valence-electron chi connectivity index (χ1n) is 6.47. The number of nitrogens with one attached hydrogen (secondary N) is 1. The van der Waals surface area contributed by atoms with Crippen LogP contribution in [-0.2, 0) is 11.4 Å². The highest BCUT2D eigenvalue weighted by Gasteiger charge is 2.14. The number of rotatable bonds is 3. The molecule has 0 saturated heterocycles. The fourth-order valence-electron chi connectivity index (χ4n) is 1.27. The second-order valence-corrected chi connectivity index (χ2v) is 5.72. The Morgan fingerprint density at radius 3 is 2.45 bits per heavy atom. The minimum atomic E-state index is -0.416. The van der Waals surface area contributed by atoms with Crippen LogP contribution in [0.15, 0.2) is 24.3 Å². The van der Waals surface area contributed by atoms with Crippen molar-refractivity contribution in [2.45, 2.75) is 40.0 Å². The van der Waals surface area contributed by atoms with Crippen LogP contribution in [0.2, 0.25) is 0 Å². The van der Waals surface area contributed by atoms with Crippen LogP contribution >= 0.6 is 12.6 Å². The first-order valence-corrected chi connectivity index (χ1v) is 7.11. The maximum Gasteiger partial charge on any atom is 0.407 e. The van der Waals surface area contributed by atoms with Gasteiger partial charge in [-0.3, -0.25) is 0 Å². The van der Waals surface area contributed by atoms with Crippen molar-refractivity contribution in [1.82, 2.24) is 5.32 Å². The van der Waals surface area contributed by atoms with Crippen molar-refractivity contribution in [2.24, 2.45) is 0 Å². The van der Waals surface area contributed by atoms with E-state index in [1.807, 2.05) is 45.9 Å². The number of hydrogen-bond donors (Lipinski definition) is 2. The molecule has 0 unspecified atom stereocenters. The number of alkyl halides is 1. The van der Waals surface area contributed by atoms with E-state index in [1.54, 1.807) is 6.07 Å². The Kier molecular flexibility index (Phi) is 9.05. The summed E-state index contributed by atoms with van der Waals surface area (Å²) >= 11 is 3.94. The summed E-state index contributed by atoms with van der Waals surface area (Å²) in [5.74, 6) is 0.624. The number of ether oxygens (including phenoxy) is 1. The van der Waals surface area contributed by atoms with Crippen LogP contribution in [0, 0.1) is 6.92 Å². The summed E-state index contributed by atoms with van der Waals surface area (Å²) in [5.41, 5.74) is 1.46. The summed E-state index contributed by atoms with van der Waals surface area (Å²) < 4.78 is 16.9. The van der Waals surface area contributed by atoms with E-state index in [2.05, 4.69) is 17.9 Å². The topological polar surface area (TPSA) is 38.3 Å². The predicted molar refractivity (Wildman–Crippen MR) is 84.1 cm³/mol. The number of aryl methyl sites for hydroxylation is 1. The van der Waals surface area contributed by atoms with Gasteiger partial charge in [-0.25, -0.2) is 9.18 Å².